The Kier molecular flexibility index (Phi) is 3.62. The molecule has 0 amide bonds. The quantitative estimate of drug-likeness (QED) is 0.716. The Labute approximate surface area is 91.8 Å². The minimum absolute atomic E-state index is 0.626. The van der Waals surface area contributed by atoms with Crippen LogP contribution < -0.4 is 0 Å². The van der Waals surface area contributed by atoms with Gasteiger partial charge < -0.3 is 9.64 Å². The van der Waals surface area contributed by atoms with Crippen LogP contribution in [0.15, 0.2) is 0 Å². The van der Waals surface area contributed by atoms with Crippen LogP contribution in [-0.2, 0) is 4.74 Å². The fraction of sp³-hybridized carbons (Fsp3) is 1.00. The van der Waals surface area contributed by atoms with Crippen molar-refractivity contribution in [3.05, 3.63) is 0 Å². The van der Waals surface area contributed by atoms with Crippen LogP contribution in [0.5, 0.6) is 0 Å². The van der Waals surface area contributed by atoms with Gasteiger partial charge in [0.25, 0.3) is 0 Å². The van der Waals surface area contributed by atoms with Crippen LogP contribution in [0.1, 0.15) is 32.6 Å². The van der Waals surface area contributed by atoms with Crippen molar-refractivity contribution in [1.29, 1.82) is 0 Å². The number of hydrogen-bond donors (Lipinski definition) is 0. The second-order valence-electron chi connectivity index (χ2n) is 5.31. The molecule has 2 heterocycles. The second-order valence-corrected chi connectivity index (χ2v) is 5.31. The van der Waals surface area contributed by atoms with E-state index in [9.17, 15) is 4.39 Å². The van der Waals surface area contributed by atoms with Gasteiger partial charge in [-0.2, -0.15) is 0 Å². The molecule has 0 unspecified atom stereocenters. The summed E-state index contributed by atoms with van der Waals surface area (Å²) in [5, 5.41) is 0. The third-order valence-electron chi connectivity index (χ3n) is 3.60. The van der Waals surface area contributed by atoms with Crippen molar-refractivity contribution in [1.82, 2.24) is 4.90 Å². The third kappa shape index (κ3) is 3.42. The highest BCUT2D eigenvalue weighted by atomic mass is 19.1. The van der Waals surface area contributed by atoms with Crippen molar-refractivity contribution in [3.63, 3.8) is 0 Å². The van der Waals surface area contributed by atoms with E-state index in [4.69, 9.17) is 4.74 Å². The van der Waals surface area contributed by atoms with Crippen LogP contribution in [0, 0.1) is 5.92 Å². The molecule has 0 aliphatic carbocycles. The van der Waals surface area contributed by atoms with Gasteiger partial charge in [-0.1, -0.05) is 0 Å². The molecule has 0 aromatic carbocycles. The number of nitrogens with zero attached hydrogens (tertiary/aromatic N) is 1. The molecule has 0 radical (unpaired) electrons. The lowest BCUT2D eigenvalue weighted by Gasteiger charge is -2.35. The Morgan fingerprint density at radius 2 is 2.40 bits per heavy atom. The van der Waals surface area contributed by atoms with Crippen LogP contribution in [0.3, 0.4) is 0 Å². The van der Waals surface area contributed by atoms with E-state index in [1.807, 2.05) is 0 Å². The van der Waals surface area contributed by atoms with Crippen LogP contribution in [0.4, 0.5) is 4.39 Å². The van der Waals surface area contributed by atoms with Crippen molar-refractivity contribution >= 4 is 0 Å². The van der Waals surface area contributed by atoms with Gasteiger partial charge in [-0.25, -0.2) is 4.39 Å². The van der Waals surface area contributed by atoms with E-state index in [1.165, 1.54) is 12.8 Å². The Balaban J connectivity index is 1.69. The van der Waals surface area contributed by atoms with Gasteiger partial charge in [0.2, 0.25) is 0 Å². The van der Waals surface area contributed by atoms with E-state index in [1.54, 1.807) is 6.92 Å². The maximum absolute atomic E-state index is 13.8. The Morgan fingerprint density at radius 3 is 3.07 bits per heavy atom. The number of hydrogen-bond acceptors (Lipinski definition) is 2. The first-order valence-corrected chi connectivity index (χ1v) is 6.15. The van der Waals surface area contributed by atoms with E-state index in [2.05, 4.69) is 4.90 Å². The normalized spacial score (nSPS) is 38.4. The maximum Gasteiger partial charge on any atom is 0.120 e. The Morgan fingerprint density at radius 1 is 1.53 bits per heavy atom. The first-order valence-electron chi connectivity index (χ1n) is 6.15. The molecule has 2 saturated heterocycles. The van der Waals surface area contributed by atoms with Gasteiger partial charge in [0, 0.05) is 19.8 Å². The molecule has 0 N–H and O–H groups in total. The third-order valence-corrected chi connectivity index (χ3v) is 3.60. The smallest absolute Gasteiger partial charge is 0.120 e. The molecule has 0 saturated carbocycles. The SMILES string of the molecule is C[C@@]1(F)CCCN(CC[C@@H]2CCOC2)C1. The van der Waals surface area contributed by atoms with Crippen LogP contribution >= 0.6 is 0 Å². The second kappa shape index (κ2) is 4.79. The van der Waals surface area contributed by atoms with E-state index in [-0.39, 0.29) is 0 Å². The Bertz CT molecular complexity index is 202. The highest BCUT2D eigenvalue weighted by Gasteiger charge is 2.30. The van der Waals surface area contributed by atoms with Crippen LogP contribution in [0.2, 0.25) is 0 Å². The zero-order valence-corrected chi connectivity index (χ0v) is 9.67. The number of rotatable bonds is 3. The number of alkyl halides is 1. The summed E-state index contributed by atoms with van der Waals surface area (Å²) in [6.45, 7) is 6.32. The number of piperidine rings is 1. The molecule has 2 nitrogen and oxygen atoms in total. The molecule has 2 fully saturated rings. The first-order chi connectivity index (χ1) is 7.16. The van der Waals surface area contributed by atoms with Gasteiger partial charge in [-0.15, -0.1) is 0 Å². The predicted octanol–water partition coefficient (Wildman–Crippen LogP) is 2.24. The van der Waals surface area contributed by atoms with Crippen molar-refractivity contribution in [2.75, 3.05) is 32.8 Å². The zero-order chi connectivity index (χ0) is 10.7. The molecule has 2 atom stereocenters. The van der Waals surface area contributed by atoms with Gasteiger partial charge in [-0.3, -0.25) is 0 Å². The molecule has 0 aromatic heterocycles. The van der Waals surface area contributed by atoms with Gasteiger partial charge in [0.05, 0.1) is 0 Å². The molecule has 2 aliphatic heterocycles. The predicted molar refractivity (Wildman–Crippen MR) is 58.7 cm³/mol. The minimum atomic E-state index is -0.954. The summed E-state index contributed by atoms with van der Waals surface area (Å²) in [4.78, 5) is 2.28. The monoisotopic (exact) mass is 215 g/mol. The molecule has 0 bridgehead atoms. The van der Waals surface area contributed by atoms with E-state index in [0.717, 1.165) is 45.1 Å². The molecule has 2 aliphatic rings. The average molecular weight is 215 g/mol. The number of likely N-dealkylation sites (tertiary alicyclic amines) is 1. The van der Waals surface area contributed by atoms with Crippen molar-refractivity contribution in [3.8, 4) is 0 Å². The molecule has 0 aromatic rings. The largest absolute Gasteiger partial charge is 0.381 e. The fourth-order valence-corrected chi connectivity index (χ4v) is 2.66. The Hall–Kier alpha value is -0.150. The number of halogens is 1. The topological polar surface area (TPSA) is 12.5 Å². The fourth-order valence-electron chi connectivity index (χ4n) is 2.66. The number of ether oxygens (including phenoxy) is 1. The van der Waals surface area contributed by atoms with E-state index in [0.29, 0.717) is 6.54 Å². The van der Waals surface area contributed by atoms with Crippen LogP contribution in [0.25, 0.3) is 0 Å². The van der Waals surface area contributed by atoms with E-state index < -0.39 is 5.67 Å². The van der Waals surface area contributed by atoms with Gasteiger partial charge in [0.15, 0.2) is 0 Å². The summed E-state index contributed by atoms with van der Waals surface area (Å²) in [5.41, 5.74) is -0.954. The molecular weight excluding hydrogens is 193 g/mol. The summed E-state index contributed by atoms with van der Waals surface area (Å²) in [7, 11) is 0. The first kappa shape index (κ1) is 11.3. The lowest BCUT2D eigenvalue weighted by atomic mass is 9.96. The molecule has 0 spiro atoms. The lowest BCUT2D eigenvalue weighted by molar-refractivity contribution is 0.0568. The summed E-state index contributed by atoms with van der Waals surface area (Å²) in [5.74, 6) is 0.720. The molecule has 2 rings (SSSR count). The molecule has 15 heavy (non-hydrogen) atoms. The highest BCUT2D eigenvalue weighted by Crippen LogP contribution is 2.25. The molecule has 3 heteroatoms. The zero-order valence-electron chi connectivity index (χ0n) is 9.67. The van der Waals surface area contributed by atoms with Gasteiger partial charge >= 0.3 is 0 Å². The van der Waals surface area contributed by atoms with E-state index >= 15 is 0 Å². The standard InChI is InChI=1S/C12H22FNO/c1-12(13)5-2-6-14(10-12)7-3-11-4-8-15-9-11/h11H,2-10H2,1H3/t11-,12-/m1/s1. The van der Waals surface area contributed by atoms with Crippen LogP contribution in [-0.4, -0.2) is 43.4 Å². The van der Waals surface area contributed by atoms with Crippen molar-refractivity contribution in [2.45, 2.75) is 38.3 Å². The van der Waals surface area contributed by atoms with Gasteiger partial charge in [0.1, 0.15) is 5.67 Å². The van der Waals surface area contributed by atoms with Gasteiger partial charge in [-0.05, 0) is 51.6 Å². The molecule has 88 valence electrons. The summed E-state index contributed by atoms with van der Waals surface area (Å²) >= 11 is 0. The van der Waals surface area contributed by atoms with Crippen molar-refractivity contribution < 1.29 is 9.13 Å². The summed E-state index contributed by atoms with van der Waals surface area (Å²) in [6, 6.07) is 0. The minimum Gasteiger partial charge on any atom is -0.381 e. The lowest BCUT2D eigenvalue weighted by Crippen LogP contribution is -2.44. The average Bonchev–Trinajstić information content (AvgIpc) is 2.65. The highest BCUT2D eigenvalue weighted by molar-refractivity contribution is 4.83. The summed E-state index contributed by atoms with van der Waals surface area (Å²) < 4.78 is 19.1. The maximum atomic E-state index is 13.8. The molecular formula is C12H22FNO. The summed E-state index contributed by atoms with van der Waals surface area (Å²) in [6.07, 6.45) is 4.11. The van der Waals surface area contributed by atoms with Crippen molar-refractivity contribution in [2.24, 2.45) is 5.92 Å².